The van der Waals surface area contributed by atoms with Crippen LogP contribution in [0.4, 0.5) is 0 Å². The molecular formula is C16H26. The van der Waals surface area contributed by atoms with Crippen molar-refractivity contribution in [3.8, 4) is 0 Å². The van der Waals surface area contributed by atoms with Crippen LogP contribution in [0.25, 0.3) is 0 Å². The summed E-state index contributed by atoms with van der Waals surface area (Å²) >= 11 is 0. The van der Waals surface area contributed by atoms with Crippen LogP contribution in [-0.2, 0) is 0 Å². The molecule has 1 aromatic carbocycles. The van der Waals surface area contributed by atoms with Gasteiger partial charge < -0.3 is 0 Å². The minimum atomic E-state index is 0. The highest BCUT2D eigenvalue weighted by Crippen LogP contribution is 2.21. The van der Waals surface area contributed by atoms with Crippen molar-refractivity contribution in [2.75, 3.05) is 0 Å². The Bertz CT molecular complexity index is 312. The van der Waals surface area contributed by atoms with Crippen LogP contribution in [0.5, 0.6) is 0 Å². The Labute approximate surface area is 101 Å². The number of rotatable bonds is 4. The van der Waals surface area contributed by atoms with Crippen molar-refractivity contribution in [3.63, 3.8) is 0 Å². The van der Waals surface area contributed by atoms with Gasteiger partial charge in [0, 0.05) is 0 Å². The number of aryl methyl sites for hydroxylation is 1. The van der Waals surface area contributed by atoms with E-state index in [1.165, 1.54) is 29.5 Å². The Morgan fingerprint density at radius 2 is 1.75 bits per heavy atom. The van der Waals surface area contributed by atoms with E-state index in [1.54, 1.807) is 0 Å². The van der Waals surface area contributed by atoms with Crippen LogP contribution in [0, 0.1) is 6.92 Å². The van der Waals surface area contributed by atoms with Crippen molar-refractivity contribution in [1.82, 2.24) is 0 Å². The molecule has 1 aromatic rings. The summed E-state index contributed by atoms with van der Waals surface area (Å²) in [4.78, 5) is 0. The third kappa shape index (κ3) is 5.16. The number of hydrogen-bond donors (Lipinski definition) is 0. The maximum absolute atomic E-state index is 2.32. The zero-order valence-electron chi connectivity index (χ0n) is 10.4. The summed E-state index contributed by atoms with van der Waals surface area (Å²) in [6.45, 7) is 8.77. The summed E-state index contributed by atoms with van der Waals surface area (Å²) < 4.78 is 0. The van der Waals surface area contributed by atoms with E-state index in [1.807, 2.05) is 0 Å². The van der Waals surface area contributed by atoms with Crippen LogP contribution < -0.4 is 0 Å². The van der Waals surface area contributed by atoms with E-state index < -0.39 is 0 Å². The minimum absolute atomic E-state index is 0. The molecule has 0 nitrogen and oxygen atoms in total. The molecule has 16 heavy (non-hydrogen) atoms. The van der Waals surface area contributed by atoms with Gasteiger partial charge in [0.2, 0.25) is 0 Å². The second kappa shape index (κ2) is 7.27. The van der Waals surface area contributed by atoms with Crippen LogP contribution in [0.1, 0.15) is 58.1 Å². The van der Waals surface area contributed by atoms with Gasteiger partial charge in [-0.25, -0.2) is 0 Å². The zero-order chi connectivity index (χ0) is 11.3. The van der Waals surface area contributed by atoms with Crippen LogP contribution in [0.2, 0.25) is 0 Å². The quantitative estimate of drug-likeness (QED) is 0.587. The van der Waals surface area contributed by atoms with E-state index in [0.717, 1.165) is 0 Å². The number of hydrogen-bond acceptors (Lipinski definition) is 0. The van der Waals surface area contributed by atoms with Crippen molar-refractivity contribution in [2.45, 2.75) is 53.9 Å². The highest BCUT2D eigenvalue weighted by atomic mass is 14.1. The molecule has 0 bridgehead atoms. The topological polar surface area (TPSA) is 0 Å². The molecule has 0 spiro atoms. The molecule has 0 radical (unpaired) electrons. The average Bonchev–Trinajstić information content (AvgIpc) is 2.18. The molecule has 0 heteroatoms. The second-order valence-corrected chi connectivity index (χ2v) is 4.67. The Hall–Kier alpha value is -1.04. The summed E-state index contributed by atoms with van der Waals surface area (Å²) in [5.41, 5.74) is 4.23. The first kappa shape index (κ1) is 15.0. The third-order valence-corrected chi connectivity index (χ3v) is 2.80. The van der Waals surface area contributed by atoms with Crippen LogP contribution >= 0.6 is 0 Å². The van der Waals surface area contributed by atoms with Gasteiger partial charge >= 0.3 is 0 Å². The van der Waals surface area contributed by atoms with Crippen molar-refractivity contribution in [3.05, 3.63) is 47.0 Å². The molecule has 0 aliphatic rings. The monoisotopic (exact) mass is 218 g/mol. The molecule has 0 saturated carbocycles. The lowest BCUT2D eigenvalue weighted by molar-refractivity contribution is 0.689. The van der Waals surface area contributed by atoms with Crippen molar-refractivity contribution in [2.24, 2.45) is 0 Å². The van der Waals surface area contributed by atoms with Crippen LogP contribution in [-0.4, -0.2) is 0 Å². The predicted molar refractivity (Wildman–Crippen MR) is 75.0 cm³/mol. The molecular weight excluding hydrogens is 192 g/mol. The van der Waals surface area contributed by atoms with Gasteiger partial charge in [-0.1, -0.05) is 55.8 Å². The second-order valence-electron chi connectivity index (χ2n) is 4.67. The SMILES string of the molecule is C.CC(C)=CCC[C@H](C)c1ccc(C)cc1. The van der Waals surface area contributed by atoms with Crippen molar-refractivity contribution >= 4 is 0 Å². The van der Waals surface area contributed by atoms with Crippen molar-refractivity contribution in [1.29, 1.82) is 0 Å². The van der Waals surface area contributed by atoms with E-state index in [0.29, 0.717) is 5.92 Å². The molecule has 0 aromatic heterocycles. The molecule has 0 aliphatic heterocycles. The van der Waals surface area contributed by atoms with Gasteiger partial charge in [0.05, 0.1) is 0 Å². The first-order valence-electron chi connectivity index (χ1n) is 5.79. The van der Waals surface area contributed by atoms with E-state index in [2.05, 4.69) is 58.0 Å². The van der Waals surface area contributed by atoms with E-state index >= 15 is 0 Å². The van der Waals surface area contributed by atoms with E-state index in [-0.39, 0.29) is 7.43 Å². The molecule has 0 aliphatic carbocycles. The molecule has 1 atom stereocenters. The fourth-order valence-corrected chi connectivity index (χ4v) is 1.68. The van der Waals surface area contributed by atoms with E-state index in [9.17, 15) is 0 Å². The molecule has 0 amide bonds. The summed E-state index contributed by atoms with van der Waals surface area (Å²) in [5.74, 6) is 0.668. The Balaban J connectivity index is 0.00000225. The number of allylic oxidation sites excluding steroid dienone is 2. The highest BCUT2D eigenvalue weighted by Gasteiger charge is 2.03. The summed E-state index contributed by atoms with van der Waals surface area (Å²) in [7, 11) is 0. The summed E-state index contributed by atoms with van der Waals surface area (Å²) in [5, 5.41) is 0. The van der Waals surface area contributed by atoms with Gasteiger partial charge in [0.1, 0.15) is 0 Å². The fourth-order valence-electron chi connectivity index (χ4n) is 1.68. The molecule has 90 valence electrons. The maximum atomic E-state index is 2.32. The largest absolute Gasteiger partial charge is 0.0859 e. The molecule has 1 rings (SSSR count). The molecule has 0 N–H and O–H groups in total. The van der Waals surface area contributed by atoms with Crippen molar-refractivity contribution < 1.29 is 0 Å². The van der Waals surface area contributed by atoms with Gasteiger partial charge in [0.15, 0.2) is 0 Å². The summed E-state index contributed by atoms with van der Waals surface area (Å²) in [6.07, 6.45) is 4.76. The number of benzene rings is 1. The lowest BCUT2D eigenvalue weighted by atomic mass is 9.95. The van der Waals surface area contributed by atoms with Crippen LogP contribution in [0.3, 0.4) is 0 Å². The lowest BCUT2D eigenvalue weighted by Gasteiger charge is -2.10. The lowest BCUT2D eigenvalue weighted by Crippen LogP contribution is -1.92. The Kier molecular flexibility index (Phi) is 6.80. The average molecular weight is 218 g/mol. The Morgan fingerprint density at radius 1 is 1.19 bits per heavy atom. The Morgan fingerprint density at radius 3 is 2.25 bits per heavy atom. The van der Waals surface area contributed by atoms with E-state index in [4.69, 9.17) is 0 Å². The third-order valence-electron chi connectivity index (χ3n) is 2.80. The maximum Gasteiger partial charge on any atom is -0.0187 e. The van der Waals surface area contributed by atoms with Gasteiger partial charge in [0.25, 0.3) is 0 Å². The highest BCUT2D eigenvalue weighted by molar-refractivity contribution is 5.24. The first-order chi connectivity index (χ1) is 7.09. The van der Waals surface area contributed by atoms with Gasteiger partial charge in [-0.15, -0.1) is 0 Å². The van der Waals surface area contributed by atoms with Gasteiger partial charge in [-0.3, -0.25) is 0 Å². The standard InChI is InChI=1S/C15H22.CH4/c1-12(2)6-5-7-14(4)15-10-8-13(3)9-11-15;/h6,8-11,14H,5,7H2,1-4H3;1H4/t14-;/m0./s1. The predicted octanol–water partition coefficient (Wildman–Crippen LogP) is 5.48. The normalized spacial score (nSPS) is 11.5. The van der Waals surface area contributed by atoms with Crippen LogP contribution in [0.15, 0.2) is 35.9 Å². The smallest absolute Gasteiger partial charge is 0.0187 e. The summed E-state index contributed by atoms with van der Waals surface area (Å²) in [6, 6.07) is 8.91. The molecule has 0 saturated heterocycles. The van der Waals surface area contributed by atoms with Gasteiger partial charge in [-0.2, -0.15) is 0 Å². The fraction of sp³-hybridized carbons (Fsp3) is 0.500. The zero-order valence-corrected chi connectivity index (χ0v) is 10.4. The van der Waals surface area contributed by atoms with Gasteiger partial charge in [-0.05, 0) is 45.1 Å². The molecule has 0 fully saturated rings. The molecule has 0 heterocycles. The molecule has 0 unspecified atom stereocenters. The minimum Gasteiger partial charge on any atom is -0.0859 e. The first-order valence-corrected chi connectivity index (χ1v) is 5.79.